The molecule has 1 rings (SSSR count). The van der Waals surface area contributed by atoms with E-state index in [1.807, 2.05) is 0 Å². The van der Waals surface area contributed by atoms with Crippen molar-refractivity contribution in [3.8, 4) is 0 Å². The molecule has 0 aliphatic carbocycles. The number of unbranched alkanes of at least 4 members (excludes halogenated alkanes) is 16. The standard InChI is InChI=1S/C34H70N/c1-7-9-11-13-15-17-19-21-25-29-33(3,4)35(31-27-23-24-28-32-35)34(5,6)30-26-22-20-18-16-14-12-10-8-2/h7-32H2,1-6H3/q+1. The highest BCUT2D eigenvalue weighted by atomic mass is 15.4. The Morgan fingerprint density at radius 1 is 0.400 bits per heavy atom. The first-order valence-electron chi connectivity index (χ1n) is 16.7. The highest BCUT2D eigenvalue weighted by Crippen LogP contribution is 2.43. The summed E-state index contributed by atoms with van der Waals surface area (Å²) in [5.74, 6) is 0. The van der Waals surface area contributed by atoms with E-state index >= 15 is 0 Å². The Morgan fingerprint density at radius 2 is 0.686 bits per heavy atom. The third-order valence-electron chi connectivity index (χ3n) is 9.93. The highest BCUT2D eigenvalue weighted by molar-refractivity contribution is 4.83. The molecule has 0 amide bonds. The Kier molecular flexibility index (Phi) is 18.0. The number of nitrogens with zero attached hydrogens (tertiary/aromatic N) is 1. The Labute approximate surface area is 224 Å². The second-order valence-electron chi connectivity index (χ2n) is 13.6. The van der Waals surface area contributed by atoms with Gasteiger partial charge < -0.3 is 4.48 Å². The zero-order valence-corrected chi connectivity index (χ0v) is 25.8. The van der Waals surface area contributed by atoms with Gasteiger partial charge in [0.2, 0.25) is 0 Å². The quantitative estimate of drug-likeness (QED) is 0.104. The molecule has 1 saturated heterocycles. The van der Waals surface area contributed by atoms with Crippen LogP contribution in [0.15, 0.2) is 0 Å². The predicted octanol–water partition coefficient (Wildman–Crippen LogP) is 11.8. The maximum absolute atomic E-state index is 2.65. The van der Waals surface area contributed by atoms with E-state index in [-0.39, 0.29) is 0 Å². The molecule has 1 aliphatic rings. The third kappa shape index (κ3) is 12.4. The molecule has 1 heteroatoms. The van der Waals surface area contributed by atoms with Crippen LogP contribution in [-0.4, -0.2) is 28.7 Å². The molecule has 0 aromatic carbocycles. The van der Waals surface area contributed by atoms with Gasteiger partial charge >= 0.3 is 0 Å². The first kappa shape index (κ1) is 33.0. The van der Waals surface area contributed by atoms with E-state index < -0.39 is 0 Å². The summed E-state index contributed by atoms with van der Waals surface area (Å²) in [6.07, 6.45) is 34.7. The molecule has 0 unspecified atom stereocenters. The summed E-state index contributed by atoms with van der Waals surface area (Å²) in [5, 5.41) is 0. The monoisotopic (exact) mass is 493 g/mol. The summed E-state index contributed by atoms with van der Waals surface area (Å²) in [5.41, 5.74) is 0.822. The molecule has 0 aromatic rings. The number of likely N-dealkylation sites (tertiary alicyclic amines) is 1. The van der Waals surface area contributed by atoms with E-state index in [0.717, 1.165) is 0 Å². The lowest BCUT2D eigenvalue weighted by atomic mass is 9.81. The zero-order valence-electron chi connectivity index (χ0n) is 25.8. The topological polar surface area (TPSA) is 0 Å². The molecule has 0 saturated carbocycles. The predicted molar refractivity (Wildman–Crippen MR) is 160 cm³/mol. The van der Waals surface area contributed by atoms with Crippen LogP contribution in [0.3, 0.4) is 0 Å². The lowest BCUT2D eigenvalue weighted by Crippen LogP contribution is -2.71. The van der Waals surface area contributed by atoms with Crippen LogP contribution in [0, 0.1) is 0 Å². The number of quaternary nitrogens is 1. The van der Waals surface area contributed by atoms with Crippen molar-refractivity contribution >= 4 is 0 Å². The second kappa shape index (κ2) is 19.1. The lowest BCUT2D eigenvalue weighted by Gasteiger charge is -2.59. The molecule has 1 nitrogen and oxygen atoms in total. The number of hydrogen-bond donors (Lipinski definition) is 0. The van der Waals surface area contributed by atoms with Crippen LogP contribution in [0.2, 0.25) is 0 Å². The minimum absolute atomic E-state index is 0.411. The maximum Gasteiger partial charge on any atom is 0.0939 e. The van der Waals surface area contributed by atoms with Crippen LogP contribution in [0.25, 0.3) is 0 Å². The maximum atomic E-state index is 2.65. The van der Waals surface area contributed by atoms with Gasteiger partial charge in [-0.25, -0.2) is 0 Å². The van der Waals surface area contributed by atoms with Crippen molar-refractivity contribution < 1.29 is 4.48 Å². The third-order valence-corrected chi connectivity index (χ3v) is 9.93. The lowest BCUT2D eigenvalue weighted by molar-refractivity contribution is -1.01. The molecule has 0 spiro atoms. The van der Waals surface area contributed by atoms with Gasteiger partial charge in [-0.3, -0.25) is 0 Å². The molecule has 1 fully saturated rings. The van der Waals surface area contributed by atoms with Gasteiger partial charge in [-0.2, -0.15) is 0 Å². The van der Waals surface area contributed by atoms with Gasteiger partial charge in [0.05, 0.1) is 24.2 Å². The van der Waals surface area contributed by atoms with E-state index in [1.165, 1.54) is 172 Å². The first-order valence-corrected chi connectivity index (χ1v) is 16.7. The van der Waals surface area contributed by atoms with Gasteiger partial charge in [0, 0.05) is 12.8 Å². The van der Waals surface area contributed by atoms with E-state index in [9.17, 15) is 0 Å². The van der Waals surface area contributed by atoms with Gasteiger partial charge in [0.15, 0.2) is 0 Å². The van der Waals surface area contributed by atoms with E-state index in [0.29, 0.717) is 11.1 Å². The summed E-state index contributed by atoms with van der Waals surface area (Å²) in [7, 11) is 0. The van der Waals surface area contributed by atoms with E-state index in [4.69, 9.17) is 0 Å². The average molecular weight is 493 g/mol. The Bertz CT molecular complexity index is 433. The number of hydrogen-bond acceptors (Lipinski definition) is 0. The largest absolute Gasteiger partial charge is 0.315 e. The molecule has 1 heterocycles. The first-order chi connectivity index (χ1) is 16.8. The van der Waals surface area contributed by atoms with Gasteiger partial charge in [-0.05, 0) is 66.2 Å². The average Bonchev–Trinajstić information content (AvgIpc) is 3.10. The zero-order chi connectivity index (χ0) is 25.9. The van der Waals surface area contributed by atoms with Crippen molar-refractivity contribution in [2.75, 3.05) is 13.1 Å². The van der Waals surface area contributed by atoms with Crippen LogP contribution in [0.5, 0.6) is 0 Å². The summed E-state index contributed by atoms with van der Waals surface area (Å²) in [6.45, 7) is 18.1. The van der Waals surface area contributed by atoms with Crippen molar-refractivity contribution in [1.82, 2.24) is 0 Å². The summed E-state index contributed by atoms with van der Waals surface area (Å²) in [6, 6.07) is 0. The van der Waals surface area contributed by atoms with Gasteiger partial charge in [0.25, 0.3) is 0 Å². The van der Waals surface area contributed by atoms with Crippen molar-refractivity contribution in [1.29, 1.82) is 0 Å². The fraction of sp³-hybridized carbons (Fsp3) is 1.00. The molecule has 0 aromatic heterocycles. The van der Waals surface area contributed by atoms with Crippen molar-refractivity contribution in [3.63, 3.8) is 0 Å². The van der Waals surface area contributed by atoms with Crippen LogP contribution in [0.4, 0.5) is 0 Å². The SMILES string of the molecule is CCCCCCCCCCCC(C)(C)[N+]1(C(C)(C)CCCCCCCCCCC)CCCCCC1. The van der Waals surface area contributed by atoms with Crippen molar-refractivity contribution in [3.05, 3.63) is 0 Å². The molecule has 0 bridgehead atoms. The molecule has 210 valence electrons. The van der Waals surface area contributed by atoms with Crippen LogP contribution >= 0.6 is 0 Å². The van der Waals surface area contributed by atoms with Crippen LogP contribution in [0.1, 0.15) is 196 Å². The van der Waals surface area contributed by atoms with Crippen LogP contribution < -0.4 is 0 Å². The second-order valence-corrected chi connectivity index (χ2v) is 13.6. The molecule has 0 radical (unpaired) electrons. The molecular weight excluding hydrogens is 422 g/mol. The smallest absolute Gasteiger partial charge is 0.0939 e. The van der Waals surface area contributed by atoms with E-state index in [1.54, 1.807) is 0 Å². The van der Waals surface area contributed by atoms with Crippen molar-refractivity contribution in [2.24, 2.45) is 0 Å². The summed E-state index contributed by atoms with van der Waals surface area (Å²) < 4.78 is 1.40. The fourth-order valence-electron chi connectivity index (χ4n) is 7.42. The fourth-order valence-corrected chi connectivity index (χ4v) is 7.42. The minimum Gasteiger partial charge on any atom is -0.315 e. The molecule has 0 atom stereocenters. The Balaban J connectivity index is 2.52. The molecule has 0 N–H and O–H groups in total. The highest BCUT2D eigenvalue weighted by Gasteiger charge is 2.52. The normalized spacial score (nSPS) is 17.0. The molecular formula is C34H70N+. The Hall–Kier alpha value is -0.0400. The van der Waals surface area contributed by atoms with Crippen LogP contribution in [-0.2, 0) is 0 Å². The van der Waals surface area contributed by atoms with Crippen molar-refractivity contribution in [2.45, 2.75) is 207 Å². The molecule has 35 heavy (non-hydrogen) atoms. The van der Waals surface area contributed by atoms with Gasteiger partial charge in [-0.15, -0.1) is 0 Å². The summed E-state index contributed by atoms with van der Waals surface area (Å²) in [4.78, 5) is 0. The van der Waals surface area contributed by atoms with Gasteiger partial charge in [0.1, 0.15) is 0 Å². The number of rotatable bonds is 22. The Morgan fingerprint density at radius 3 is 1.00 bits per heavy atom. The minimum atomic E-state index is 0.411. The molecule has 1 aliphatic heterocycles. The van der Waals surface area contributed by atoms with E-state index in [2.05, 4.69) is 41.5 Å². The summed E-state index contributed by atoms with van der Waals surface area (Å²) >= 11 is 0. The van der Waals surface area contributed by atoms with Gasteiger partial charge in [-0.1, -0.05) is 117 Å².